The molecular weight excluding hydrogens is 180 g/mol. The minimum atomic E-state index is 0.913. The van der Waals surface area contributed by atoms with Crippen LogP contribution >= 0.6 is 0 Å². The number of rotatable bonds is 8. The Kier molecular flexibility index (Phi) is 8.19. The fraction of sp³-hybridized carbons (Fsp3) is 1.00. The lowest BCUT2D eigenvalue weighted by Gasteiger charge is -2.21. The molecule has 0 saturated heterocycles. The predicted molar refractivity (Wildman–Crippen MR) is 71.1 cm³/mol. The Bertz CT molecular complexity index is 123. The first-order valence-electron chi connectivity index (χ1n) is 6.99. The summed E-state index contributed by atoms with van der Waals surface area (Å²) in [6.07, 6.45) is 6.94. The van der Waals surface area contributed by atoms with Crippen LogP contribution in [0, 0.1) is 23.7 Å². The average Bonchev–Trinajstić information content (AvgIpc) is 2.16. The summed E-state index contributed by atoms with van der Waals surface area (Å²) in [5.41, 5.74) is 0. The van der Waals surface area contributed by atoms with Gasteiger partial charge in [0.2, 0.25) is 0 Å². The summed E-state index contributed by atoms with van der Waals surface area (Å²) in [5.74, 6) is 3.66. The van der Waals surface area contributed by atoms with Crippen LogP contribution in [0.25, 0.3) is 0 Å². The van der Waals surface area contributed by atoms with Gasteiger partial charge in [0.05, 0.1) is 0 Å². The Balaban J connectivity index is 3.70. The van der Waals surface area contributed by atoms with Crippen LogP contribution in [0.3, 0.4) is 0 Å². The Labute approximate surface area is 97.8 Å². The largest absolute Gasteiger partial charge is 0.0651 e. The Hall–Kier alpha value is 0. The van der Waals surface area contributed by atoms with Gasteiger partial charge in [0.15, 0.2) is 0 Å². The summed E-state index contributed by atoms with van der Waals surface area (Å²) in [6, 6.07) is 0. The van der Waals surface area contributed by atoms with Crippen molar-refractivity contribution < 1.29 is 0 Å². The van der Waals surface area contributed by atoms with E-state index in [1.807, 2.05) is 0 Å². The molecule has 0 aromatic heterocycles. The quantitative estimate of drug-likeness (QED) is 0.497. The Morgan fingerprint density at radius 2 is 0.800 bits per heavy atom. The zero-order valence-electron chi connectivity index (χ0n) is 11.8. The van der Waals surface area contributed by atoms with Gasteiger partial charge in [0, 0.05) is 0 Å². The van der Waals surface area contributed by atoms with E-state index in [-0.39, 0.29) is 0 Å². The first kappa shape index (κ1) is 15.0. The van der Waals surface area contributed by atoms with Gasteiger partial charge in [-0.25, -0.2) is 0 Å². The summed E-state index contributed by atoms with van der Waals surface area (Å²) in [7, 11) is 0. The molecule has 0 saturated carbocycles. The maximum atomic E-state index is 2.43. The molecule has 0 nitrogen and oxygen atoms in total. The van der Waals surface area contributed by atoms with Gasteiger partial charge in [-0.1, -0.05) is 54.4 Å². The molecule has 0 rings (SSSR count). The van der Waals surface area contributed by atoms with E-state index in [4.69, 9.17) is 0 Å². The van der Waals surface area contributed by atoms with E-state index in [1.165, 1.54) is 32.1 Å². The van der Waals surface area contributed by atoms with Crippen molar-refractivity contribution in [1.29, 1.82) is 0 Å². The van der Waals surface area contributed by atoms with Crippen molar-refractivity contribution in [3.63, 3.8) is 0 Å². The molecule has 0 bridgehead atoms. The van der Waals surface area contributed by atoms with Gasteiger partial charge in [0.1, 0.15) is 0 Å². The second-order valence-corrected chi connectivity index (χ2v) is 5.94. The van der Waals surface area contributed by atoms with Crippen LogP contribution < -0.4 is 0 Å². The lowest BCUT2D eigenvalue weighted by molar-refractivity contribution is 0.302. The molecule has 0 aliphatic heterocycles. The summed E-state index contributed by atoms with van der Waals surface area (Å²) >= 11 is 0. The molecule has 0 heteroatoms. The van der Waals surface area contributed by atoms with Crippen LogP contribution in [0.15, 0.2) is 0 Å². The number of hydrogen-bond donors (Lipinski definition) is 0. The molecular formula is C15H32. The summed E-state index contributed by atoms with van der Waals surface area (Å²) in [5, 5.41) is 0. The molecule has 0 aliphatic carbocycles. The first-order valence-corrected chi connectivity index (χ1v) is 6.99. The smallest absolute Gasteiger partial charge is 0.0438 e. The maximum Gasteiger partial charge on any atom is -0.0438 e. The third kappa shape index (κ3) is 7.88. The SMILES string of the molecule is CC[C@@H](C)C[C@@H](C)C[C@@H](C)C[C@@H](C)CC. The van der Waals surface area contributed by atoms with E-state index in [9.17, 15) is 0 Å². The highest BCUT2D eigenvalue weighted by Gasteiger charge is 2.13. The van der Waals surface area contributed by atoms with Crippen molar-refractivity contribution in [1.82, 2.24) is 0 Å². The summed E-state index contributed by atoms with van der Waals surface area (Å²) < 4.78 is 0. The van der Waals surface area contributed by atoms with Crippen molar-refractivity contribution in [2.45, 2.75) is 73.6 Å². The molecule has 0 aromatic rings. The van der Waals surface area contributed by atoms with E-state index < -0.39 is 0 Å². The molecule has 0 radical (unpaired) electrons. The third-order valence-electron chi connectivity index (χ3n) is 3.81. The van der Waals surface area contributed by atoms with Crippen molar-refractivity contribution in [2.24, 2.45) is 23.7 Å². The molecule has 4 atom stereocenters. The fourth-order valence-electron chi connectivity index (χ4n) is 2.59. The molecule has 0 N–H and O–H groups in total. The lowest BCUT2D eigenvalue weighted by Crippen LogP contribution is -2.09. The predicted octanol–water partition coefficient (Wildman–Crippen LogP) is 5.52. The van der Waals surface area contributed by atoms with Crippen LogP contribution in [0.4, 0.5) is 0 Å². The molecule has 0 fully saturated rings. The van der Waals surface area contributed by atoms with E-state index in [0.29, 0.717) is 0 Å². The first-order chi connectivity index (χ1) is 6.99. The monoisotopic (exact) mass is 212 g/mol. The zero-order chi connectivity index (χ0) is 11.8. The van der Waals surface area contributed by atoms with Crippen molar-refractivity contribution >= 4 is 0 Å². The van der Waals surface area contributed by atoms with Crippen LogP contribution in [0.1, 0.15) is 73.6 Å². The molecule has 0 amide bonds. The second-order valence-electron chi connectivity index (χ2n) is 5.94. The van der Waals surface area contributed by atoms with Gasteiger partial charge in [-0.3, -0.25) is 0 Å². The van der Waals surface area contributed by atoms with Gasteiger partial charge >= 0.3 is 0 Å². The van der Waals surface area contributed by atoms with E-state index in [0.717, 1.165) is 23.7 Å². The standard InChI is InChI=1S/C15H32/c1-7-12(3)9-14(5)11-15(6)10-13(4)8-2/h12-15H,7-11H2,1-6H3/t12-,13+,14-,15+. The molecule has 0 aromatic carbocycles. The maximum absolute atomic E-state index is 2.43. The van der Waals surface area contributed by atoms with Gasteiger partial charge in [-0.05, 0) is 42.9 Å². The van der Waals surface area contributed by atoms with Gasteiger partial charge < -0.3 is 0 Å². The highest BCUT2D eigenvalue weighted by atomic mass is 14.2. The molecule has 15 heavy (non-hydrogen) atoms. The van der Waals surface area contributed by atoms with Crippen molar-refractivity contribution in [3.8, 4) is 0 Å². The van der Waals surface area contributed by atoms with Crippen molar-refractivity contribution in [3.05, 3.63) is 0 Å². The molecule has 92 valence electrons. The number of hydrogen-bond acceptors (Lipinski definition) is 0. The van der Waals surface area contributed by atoms with Crippen LogP contribution in [0.2, 0.25) is 0 Å². The van der Waals surface area contributed by atoms with E-state index in [1.54, 1.807) is 0 Å². The van der Waals surface area contributed by atoms with Crippen molar-refractivity contribution in [2.75, 3.05) is 0 Å². The van der Waals surface area contributed by atoms with Crippen LogP contribution in [-0.2, 0) is 0 Å². The lowest BCUT2D eigenvalue weighted by atomic mass is 9.84. The Morgan fingerprint density at radius 1 is 0.533 bits per heavy atom. The van der Waals surface area contributed by atoms with Crippen LogP contribution in [0.5, 0.6) is 0 Å². The third-order valence-corrected chi connectivity index (χ3v) is 3.81. The summed E-state index contributed by atoms with van der Waals surface area (Å²) in [6.45, 7) is 14.2. The molecule has 0 heterocycles. The highest BCUT2D eigenvalue weighted by molar-refractivity contribution is 4.65. The second kappa shape index (κ2) is 8.19. The molecule has 0 unspecified atom stereocenters. The van der Waals surface area contributed by atoms with Gasteiger partial charge in [-0.2, -0.15) is 0 Å². The van der Waals surface area contributed by atoms with Gasteiger partial charge in [-0.15, -0.1) is 0 Å². The minimum absolute atomic E-state index is 0.913. The Morgan fingerprint density at radius 3 is 1.07 bits per heavy atom. The zero-order valence-corrected chi connectivity index (χ0v) is 11.8. The highest BCUT2D eigenvalue weighted by Crippen LogP contribution is 2.25. The average molecular weight is 212 g/mol. The topological polar surface area (TPSA) is 0 Å². The summed E-state index contributed by atoms with van der Waals surface area (Å²) in [4.78, 5) is 0. The van der Waals surface area contributed by atoms with E-state index in [2.05, 4.69) is 41.5 Å². The van der Waals surface area contributed by atoms with E-state index >= 15 is 0 Å². The molecule has 0 spiro atoms. The van der Waals surface area contributed by atoms with Gasteiger partial charge in [0.25, 0.3) is 0 Å². The molecule has 0 aliphatic rings. The minimum Gasteiger partial charge on any atom is -0.0651 e. The fourth-order valence-corrected chi connectivity index (χ4v) is 2.59. The normalized spacial score (nSPS) is 19.6. The van der Waals surface area contributed by atoms with Crippen LogP contribution in [-0.4, -0.2) is 0 Å².